The first-order valence-corrected chi connectivity index (χ1v) is 8.98. The molecule has 2 rings (SSSR count). The van der Waals surface area contributed by atoms with Gasteiger partial charge in [0.2, 0.25) is 0 Å². The fourth-order valence-electron chi connectivity index (χ4n) is 2.66. The minimum Gasteiger partial charge on any atom is -0.370 e. The largest absolute Gasteiger partial charge is 0.370 e. The smallest absolute Gasteiger partial charge is 0.193 e. The van der Waals surface area contributed by atoms with Crippen molar-refractivity contribution >= 4 is 23.0 Å². The number of aliphatic imine (C=N–C) groups is 1. The zero-order chi connectivity index (χ0) is 16.7. The van der Waals surface area contributed by atoms with E-state index < -0.39 is 0 Å². The van der Waals surface area contributed by atoms with Crippen LogP contribution in [0.2, 0.25) is 0 Å². The molecule has 3 N–H and O–H groups in total. The Morgan fingerprint density at radius 3 is 2.70 bits per heavy atom. The molecule has 0 bridgehead atoms. The minimum atomic E-state index is 0.272. The van der Waals surface area contributed by atoms with Crippen molar-refractivity contribution in [2.75, 3.05) is 25.0 Å². The molecule has 1 aromatic heterocycles. The van der Waals surface area contributed by atoms with Crippen LogP contribution >= 0.6 is 11.3 Å². The average molecular weight is 331 g/mol. The molecule has 0 amide bonds. The molecule has 1 heterocycles. The van der Waals surface area contributed by atoms with Crippen LogP contribution in [0.5, 0.6) is 0 Å². The van der Waals surface area contributed by atoms with Gasteiger partial charge in [0, 0.05) is 5.69 Å². The van der Waals surface area contributed by atoms with E-state index in [-0.39, 0.29) is 6.04 Å². The monoisotopic (exact) mass is 330 g/mol. The maximum Gasteiger partial charge on any atom is 0.193 e. The Morgan fingerprint density at radius 1 is 1.30 bits per heavy atom. The van der Waals surface area contributed by atoms with Crippen molar-refractivity contribution in [1.82, 2.24) is 4.90 Å². The normalized spacial score (nSPS) is 13.3. The lowest BCUT2D eigenvalue weighted by molar-refractivity contribution is 0.225. The number of nitrogens with zero attached hydrogens (tertiary/aromatic N) is 2. The molecule has 0 aliphatic rings. The maximum atomic E-state index is 6.06. The predicted molar refractivity (Wildman–Crippen MR) is 101 cm³/mol. The quantitative estimate of drug-likeness (QED) is 0.598. The van der Waals surface area contributed by atoms with Crippen LogP contribution in [-0.2, 0) is 0 Å². The number of anilines is 1. The number of benzene rings is 1. The van der Waals surface area contributed by atoms with E-state index in [1.54, 1.807) is 11.3 Å². The molecule has 0 aliphatic carbocycles. The number of likely N-dealkylation sites (N-methyl/N-ethyl adjacent to an activating group) is 1. The van der Waals surface area contributed by atoms with Crippen LogP contribution in [0.4, 0.5) is 5.69 Å². The third-order valence-electron chi connectivity index (χ3n) is 3.91. The van der Waals surface area contributed by atoms with E-state index in [2.05, 4.69) is 64.9 Å². The van der Waals surface area contributed by atoms with Gasteiger partial charge in [-0.05, 0) is 60.1 Å². The summed E-state index contributed by atoms with van der Waals surface area (Å²) in [4.78, 5) is 6.98. The third kappa shape index (κ3) is 5.08. The van der Waals surface area contributed by atoms with Gasteiger partial charge in [-0.15, -0.1) is 0 Å². The summed E-state index contributed by atoms with van der Waals surface area (Å²) in [6, 6.07) is 10.6. The summed E-state index contributed by atoms with van der Waals surface area (Å²) in [6.45, 7) is 9.08. The van der Waals surface area contributed by atoms with Gasteiger partial charge in [-0.25, -0.2) is 0 Å². The lowest BCUT2D eigenvalue weighted by Gasteiger charge is -2.28. The Labute approximate surface area is 143 Å². The number of hydrogen-bond acceptors (Lipinski definition) is 3. The Morgan fingerprint density at radius 2 is 2.09 bits per heavy atom. The van der Waals surface area contributed by atoms with Crippen molar-refractivity contribution in [3.63, 3.8) is 0 Å². The molecule has 23 heavy (non-hydrogen) atoms. The SMILES string of the molecule is CCN(CC)C(CN=C(N)Nc1cccc(C)c1)c1ccsc1. The van der Waals surface area contributed by atoms with Crippen LogP contribution in [0, 0.1) is 6.92 Å². The molecule has 0 saturated heterocycles. The van der Waals surface area contributed by atoms with E-state index in [9.17, 15) is 0 Å². The van der Waals surface area contributed by atoms with E-state index in [0.717, 1.165) is 18.8 Å². The topological polar surface area (TPSA) is 53.6 Å². The second-order valence-corrected chi connectivity index (χ2v) is 6.29. The molecule has 0 saturated carbocycles. The summed E-state index contributed by atoms with van der Waals surface area (Å²) in [6.07, 6.45) is 0. The predicted octanol–water partition coefficient (Wildman–Crippen LogP) is 3.87. The number of rotatable bonds is 7. The van der Waals surface area contributed by atoms with Gasteiger partial charge in [0.1, 0.15) is 0 Å². The maximum absolute atomic E-state index is 6.06. The summed E-state index contributed by atoms with van der Waals surface area (Å²) in [5.41, 5.74) is 9.54. The van der Waals surface area contributed by atoms with Gasteiger partial charge in [-0.2, -0.15) is 11.3 Å². The summed E-state index contributed by atoms with van der Waals surface area (Å²) < 4.78 is 0. The molecule has 0 radical (unpaired) electrons. The Kier molecular flexibility index (Phi) is 6.62. The van der Waals surface area contributed by atoms with Crippen molar-refractivity contribution in [1.29, 1.82) is 0 Å². The zero-order valence-corrected chi connectivity index (χ0v) is 14.9. The fraction of sp³-hybridized carbons (Fsp3) is 0.389. The molecule has 0 spiro atoms. The molecular formula is C18H26N4S. The highest BCUT2D eigenvalue weighted by molar-refractivity contribution is 7.07. The summed E-state index contributed by atoms with van der Waals surface area (Å²) in [5, 5.41) is 7.48. The molecular weight excluding hydrogens is 304 g/mol. The molecule has 0 aliphatic heterocycles. The molecule has 5 heteroatoms. The van der Waals surface area contributed by atoms with Gasteiger partial charge in [-0.3, -0.25) is 9.89 Å². The number of nitrogens with two attached hydrogens (primary N) is 1. The first-order valence-electron chi connectivity index (χ1n) is 8.03. The van der Waals surface area contributed by atoms with E-state index in [0.29, 0.717) is 12.5 Å². The van der Waals surface area contributed by atoms with Gasteiger partial charge in [0.05, 0.1) is 12.6 Å². The lowest BCUT2D eigenvalue weighted by atomic mass is 10.1. The zero-order valence-electron chi connectivity index (χ0n) is 14.1. The van der Waals surface area contributed by atoms with Crippen molar-refractivity contribution < 1.29 is 0 Å². The first kappa shape index (κ1) is 17.5. The van der Waals surface area contributed by atoms with E-state index >= 15 is 0 Å². The molecule has 124 valence electrons. The van der Waals surface area contributed by atoms with Crippen molar-refractivity contribution in [2.45, 2.75) is 26.8 Å². The van der Waals surface area contributed by atoms with Crippen LogP contribution in [0.25, 0.3) is 0 Å². The summed E-state index contributed by atoms with van der Waals surface area (Å²) in [5.74, 6) is 0.461. The van der Waals surface area contributed by atoms with Crippen molar-refractivity contribution in [2.24, 2.45) is 10.7 Å². The standard InChI is InChI=1S/C18H26N4S/c1-4-22(5-2)17(15-9-10-23-13-15)12-20-18(19)21-16-8-6-7-14(3)11-16/h6-11,13,17H,4-5,12H2,1-3H3,(H3,19,20,21). The van der Waals surface area contributed by atoms with Gasteiger partial charge < -0.3 is 11.1 Å². The molecule has 0 fully saturated rings. The van der Waals surface area contributed by atoms with Crippen LogP contribution in [-0.4, -0.2) is 30.5 Å². The highest BCUT2D eigenvalue weighted by atomic mass is 32.1. The van der Waals surface area contributed by atoms with Crippen LogP contribution in [0.3, 0.4) is 0 Å². The second kappa shape index (κ2) is 8.70. The van der Waals surface area contributed by atoms with Crippen LogP contribution < -0.4 is 11.1 Å². The Bertz CT molecular complexity index is 618. The summed E-state index contributed by atoms with van der Waals surface area (Å²) >= 11 is 1.72. The first-order chi connectivity index (χ1) is 11.1. The van der Waals surface area contributed by atoms with Gasteiger partial charge in [0.25, 0.3) is 0 Å². The highest BCUT2D eigenvalue weighted by Crippen LogP contribution is 2.23. The number of guanidine groups is 1. The van der Waals surface area contributed by atoms with Crippen LogP contribution in [0.1, 0.15) is 31.0 Å². The Hall–Kier alpha value is -1.85. The Balaban J connectivity index is 2.07. The molecule has 1 unspecified atom stereocenters. The van der Waals surface area contributed by atoms with Crippen molar-refractivity contribution in [3.8, 4) is 0 Å². The number of nitrogens with one attached hydrogen (secondary N) is 1. The third-order valence-corrected chi connectivity index (χ3v) is 4.61. The van der Waals surface area contributed by atoms with Gasteiger partial charge in [-0.1, -0.05) is 26.0 Å². The number of thiophene rings is 1. The summed E-state index contributed by atoms with van der Waals surface area (Å²) in [7, 11) is 0. The van der Waals surface area contributed by atoms with E-state index in [1.807, 2.05) is 12.1 Å². The molecule has 1 atom stereocenters. The second-order valence-electron chi connectivity index (χ2n) is 5.51. The molecule has 2 aromatic rings. The molecule has 1 aromatic carbocycles. The minimum absolute atomic E-state index is 0.272. The van der Waals surface area contributed by atoms with E-state index in [1.165, 1.54) is 11.1 Å². The van der Waals surface area contributed by atoms with E-state index in [4.69, 9.17) is 5.73 Å². The highest BCUT2D eigenvalue weighted by Gasteiger charge is 2.18. The lowest BCUT2D eigenvalue weighted by Crippen LogP contribution is -2.31. The average Bonchev–Trinajstić information content (AvgIpc) is 3.05. The number of aryl methyl sites for hydroxylation is 1. The van der Waals surface area contributed by atoms with Crippen LogP contribution in [0.15, 0.2) is 46.1 Å². The number of hydrogen-bond donors (Lipinski definition) is 2. The molecule has 4 nitrogen and oxygen atoms in total. The van der Waals surface area contributed by atoms with Gasteiger partial charge in [0.15, 0.2) is 5.96 Å². The fourth-order valence-corrected chi connectivity index (χ4v) is 3.36. The van der Waals surface area contributed by atoms with Crippen molar-refractivity contribution in [3.05, 3.63) is 52.2 Å². The van der Waals surface area contributed by atoms with Gasteiger partial charge >= 0.3 is 0 Å².